The summed E-state index contributed by atoms with van der Waals surface area (Å²) < 4.78 is 37.1. The summed E-state index contributed by atoms with van der Waals surface area (Å²) in [5.41, 5.74) is 1.33. The molecular formula is C25H24F2N4O3. The Labute approximate surface area is 195 Å². The molecule has 0 saturated carbocycles. The summed E-state index contributed by atoms with van der Waals surface area (Å²) in [6.07, 6.45) is 0. The molecule has 2 aliphatic rings. The highest BCUT2D eigenvalue weighted by molar-refractivity contribution is 5.89. The van der Waals surface area contributed by atoms with Crippen LogP contribution < -0.4 is 10.5 Å². The fourth-order valence-electron chi connectivity index (χ4n) is 4.79. The number of nitrogens with zero attached hydrogens (tertiary/aromatic N) is 4. The normalized spacial score (nSPS) is 16.7. The van der Waals surface area contributed by atoms with Gasteiger partial charge in [-0.2, -0.15) is 13.8 Å². The Morgan fingerprint density at radius 1 is 1.06 bits per heavy atom. The van der Waals surface area contributed by atoms with E-state index in [0.717, 1.165) is 11.1 Å². The minimum Gasteiger partial charge on any atom is -0.465 e. The molecule has 176 valence electrons. The molecular weight excluding hydrogens is 442 g/mol. The molecule has 0 amide bonds. The van der Waals surface area contributed by atoms with Crippen molar-refractivity contribution in [3.05, 3.63) is 92.9 Å². The third-order valence-electron chi connectivity index (χ3n) is 6.25. The van der Waals surface area contributed by atoms with Crippen molar-refractivity contribution in [3.8, 4) is 0 Å². The van der Waals surface area contributed by atoms with Crippen molar-refractivity contribution in [2.75, 3.05) is 25.1 Å². The number of hydrogen-bond acceptors (Lipinski definition) is 6. The molecule has 0 aliphatic carbocycles. The first-order valence-corrected chi connectivity index (χ1v) is 11.1. The molecule has 2 aromatic carbocycles. The van der Waals surface area contributed by atoms with E-state index in [4.69, 9.17) is 4.74 Å². The van der Waals surface area contributed by atoms with E-state index in [1.54, 1.807) is 28.0 Å². The van der Waals surface area contributed by atoms with Gasteiger partial charge in [0.2, 0.25) is 5.95 Å². The number of rotatable bonds is 5. The molecule has 1 aromatic heterocycles. The number of hydrogen-bond donors (Lipinski definition) is 0. The van der Waals surface area contributed by atoms with E-state index < -0.39 is 24.0 Å². The Bertz CT molecular complexity index is 1290. The van der Waals surface area contributed by atoms with Crippen LogP contribution in [0.2, 0.25) is 0 Å². The van der Waals surface area contributed by atoms with Gasteiger partial charge in [0.05, 0.1) is 24.8 Å². The van der Waals surface area contributed by atoms with Crippen molar-refractivity contribution >= 4 is 11.9 Å². The number of esters is 1. The zero-order valence-corrected chi connectivity index (χ0v) is 18.7. The van der Waals surface area contributed by atoms with Gasteiger partial charge in [-0.25, -0.2) is 4.79 Å². The Morgan fingerprint density at radius 3 is 2.59 bits per heavy atom. The maximum atomic E-state index is 15.4. The van der Waals surface area contributed by atoms with Crippen molar-refractivity contribution < 1.29 is 18.3 Å². The predicted molar refractivity (Wildman–Crippen MR) is 122 cm³/mol. The topological polar surface area (TPSA) is 67.7 Å². The average molecular weight is 466 g/mol. The quantitative estimate of drug-likeness (QED) is 0.539. The van der Waals surface area contributed by atoms with Gasteiger partial charge in [0, 0.05) is 32.7 Å². The summed E-state index contributed by atoms with van der Waals surface area (Å²) in [5, 5.41) is 0. The summed E-state index contributed by atoms with van der Waals surface area (Å²) >= 11 is 0. The van der Waals surface area contributed by atoms with Gasteiger partial charge < -0.3 is 14.2 Å². The number of methoxy groups -OCH3 is 1. The second-order valence-electron chi connectivity index (χ2n) is 8.64. The summed E-state index contributed by atoms with van der Waals surface area (Å²) in [7, 11) is 1.31. The number of benzene rings is 2. The number of fused-ring (bicyclic) bond motifs is 3. The van der Waals surface area contributed by atoms with Crippen molar-refractivity contribution in [2.24, 2.45) is 0 Å². The summed E-state index contributed by atoms with van der Waals surface area (Å²) in [6, 6.07) is 16.3. The van der Waals surface area contributed by atoms with Crippen LogP contribution in [0.3, 0.4) is 0 Å². The van der Waals surface area contributed by atoms with Crippen LogP contribution in [0, 0.1) is 0 Å². The molecule has 0 atom stereocenters. The molecule has 2 aliphatic heterocycles. The van der Waals surface area contributed by atoms with Gasteiger partial charge in [0.25, 0.3) is 5.56 Å². The van der Waals surface area contributed by atoms with Crippen LogP contribution in [0.4, 0.5) is 14.7 Å². The maximum absolute atomic E-state index is 15.4. The minimum absolute atomic E-state index is 0.0606. The van der Waals surface area contributed by atoms with Crippen molar-refractivity contribution in [2.45, 2.75) is 32.1 Å². The molecule has 0 fully saturated rings. The number of anilines is 1. The molecule has 9 heteroatoms. The number of carbonyl (C=O) groups is 1. The summed E-state index contributed by atoms with van der Waals surface area (Å²) in [5.74, 6) is -3.39. The Morgan fingerprint density at radius 2 is 1.82 bits per heavy atom. The van der Waals surface area contributed by atoms with Crippen LogP contribution in [0.1, 0.15) is 32.7 Å². The van der Waals surface area contributed by atoms with Crippen molar-refractivity contribution in [1.82, 2.24) is 14.5 Å². The lowest BCUT2D eigenvalue weighted by Gasteiger charge is -2.35. The summed E-state index contributed by atoms with van der Waals surface area (Å²) in [4.78, 5) is 32.4. The van der Waals surface area contributed by atoms with Crippen molar-refractivity contribution in [3.63, 3.8) is 0 Å². The molecule has 3 heterocycles. The zero-order valence-electron chi connectivity index (χ0n) is 18.7. The highest BCUT2D eigenvalue weighted by Gasteiger charge is 2.46. The minimum atomic E-state index is -3.18. The number of halogens is 2. The first-order chi connectivity index (χ1) is 16.4. The van der Waals surface area contributed by atoms with E-state index in [9.17, 15) is 9.59 Å². The van der Waals surface area contributed by atoms with E-state index in [2.05, 4.69) is 4.98 Å². The molecule has 0 radical (unpaired) electrons. The number of aromatic nitrogens is 2. The van der Waals surface area contributed by atoms with Crippen LogP contribution >= 0.6 is 0 Å². The van der Waals surface area contributed by atoms with E-state index in [1.165, 1.54) is 11.7 Å². The van der Waals surface area contributed by atoms with Gasteiger partial charge in [-0.15, -0.1) is 0 Å². The second kappa shape index (κ2) is 8.64. The lowest BCUT2D eigenvalue weighted by atomic mass is 10.0. The first-order valence-electron chi connectivity index (χ1n) is 11.1. The molecule has 34 heavy (non-hydrogen) atoms. The standard InChI is InChI=1S/C25H24F2N4O3/c1-34-23(33)19-9-5-8-18(12-19)14-30-10-11-31-21-20(22(32)28-24(30)31)15-29(16-25(21,26)27)13-17-6-3-2-4-7-17/h2-9,12H,10-11,13-16H2,1H3. The Kier molecular flexibility index (Phi) is 5.65. The molecule has 0 spiro atoms. The molecule has 5 rings (SSSR count). The van der Waals surface area contributed by atoms with Gasteiger partial charge in [-0.3, -0.25) is 9.69 Å². The van der Waals surface area contributed by atoms with Gasteiger partial charge in [-0.1, -0.05) is 42.5 Å². The van der Waals surface area contributed by atoms with Crippen LogP contribution in [0.25, 0.3) is 0 Å². The lowest BCUT2D eigenvalue weighted by Crippen LogP contribution is -2.45. The highest BCUT2D eigenvalue weighted by Crippen LogP contribution is 2.38. The summed E-state index contributed by atoms with van der Waals surface area (Å²) in [6.45, 7) is 1.10. The molecule has 0 saturated heterocycles. The highest BCUT2D eigenvalue weighted by atomic mass is 19.3. The fourth-order valence-corrected chi connectivity index (χ4v) is 4.79. The van der Waals surface area contributed by atoms with Gasteiger partial charge in [-0.05, 0) is 23.3 Å². The first kappa shape index (κ1) is 22.2. The van der Waals surface area contributed by atoms with E-state index in [0.29, 0.717) is 31.7 Å². The number of carbonyl (C=O) groups excluding carboxylic acids is 1. The second-order valence-corrected chi connectivity index (χ2v) is 8.64. The largest absolute Gasteiger partial charge is 0.465 e. The molecule has 0 unspecified atom stereocenters. The fraction of sp³-hybridized carbons (Fsp3) is 0.320. The monoisotopic (exact) mass is 466 g/mol. The third-order valence-corrected chi connectivity index (χ3v) is 6.25. The van der Waals surface area contributed by atoms with Crippen molar-refractivity contribution in [1.29, 1.82) is 0 Å². The maximum Gasteiger partial charge on any atom is 0.337 e. The van der Waals surface area contributed by atoms with E-state index in [1.807, 2.05) is 36.4 Å². The van der Waals surface area contributed by atoms with Crippen LogP contribution in [-0.4, -0.2) is 40.6 Å². The van der Waals surface area contributed by atoms with Gasteiger partial charge >= 0.3 is 11.9 Å². The van der Waals surface area contributed by atoms with Crippen LogP contribution in [0.15, 0.2) is 59.4 Å². The zero-order chi connectivity index (χ0) is 23.9. The van der Waals surface area contributed by atoms with Gasteiger partial charge in [0.15, 0.2) is 0 Å². The predicted octanol–water partition coefficient (Wildman–Crippen LogP) is 3.16. The SMILES string of the molecule is COC(=O)c1cccc(CN2CCn3c2nc(=O)c2c3C(F)(F)CN(Cc3ccccc3)C2)c1. The van der Waals surface area contributed by atoms with Crippen LogP contribution in [0.5, 0.6) is 0 Å². The average Bonchev–Trinajstić information content (AvgIpc) is 3.20. The lowest BCUT2D eigenvalue weighted by molar-refractivity contribution is -0.0621. The van der Waals surface area contributed by atoms with Gasteiger partial charge in [0.1, 0.15) is 5.69 Å². The van der Waals surface area contributed by atoms with E-state index >= 15 is 8.78 Å². The molecule has 0 bridgehead atoms. The smallest absolute Gasteiger partial charge is 0.337 e. The Hall–Kier alpha value is -3.59. The Balaban J connectivity index is 1.45. The molecule has 7 nitrogen and oxygen atoms in total. The van der Waals surface area contributed by atoms with Crippen LogP contribution in [-0.2, 0) is 36.8 Å². The third kappa shape index (κ3) is 4.07. The number of alkyl halides is 2. The molecule has 3 aromatic rings. The van der Waals surface area contributed by atoms with E-state index in [-0.39, 0.29) is 23.8 Å². The molecule has 0 N–H and O–H groups in total. The number of ether oxygens (including phenoxy) is 1.